The highest BCUT2D eigenvalue weighted by Crippen LogP contribution is 2.25. The predicted octanol–water partition coefficient (Wildman–Crippen LogP) is 4.50. The molecular formula is C23H22FN3O3. The molecule has 154 valence electrons. The smallest absolute Gasteiger partial charge is 0.248 e. The molecule has 1 amide bonds. The van der Waals surface area contributed by atoms with Crippen LogP contribution in [-0.4, -0.2) is 25.1 Å². The van der Waals surface area contributed by atoms with E-state index < -0.39 is 0 Å². The summed E-state index contributed by atoms with van der Waals surface area (Å²) in [5.74, 6) is 1.29. The second kappa shape index (κ2) is 10.1. The number of anilines is 2. The van der Waals surface area contributed by atoms with Crippen LogP contribution in [0.2, 0.25) is 0 Å². The number of aromatic nitrogens is 1. The zero-order valence-electron chi connectivity index (χ0n) is 16.7. The van der Waals surface area contributed by atoms with Gasteiger partial charge in [0.2, 0.25) is 5.91 Å². The molecule has 6 nitrogen and oxygen atoms in total. The van der Waals surface area contributed by atoms with Gasteiger partial charge in [-0.15, -0.1) is 0 Å². The van der Waals surface area contributed by atoms with Crippen LogP contribution in [-0.2, 0) is 11.3 Å². The molecule has 0 unspecified atom stereocenters. The first-order valence-electron chi connectivity index (χ1n) is 9.23. The number of hydrogen-bond acceptors (Lipinski definition) is 5. The predicted molar refractivity (Wildman–Crippen MR) is 115 cm³/mol. The molecule has 0 bridgehead atoms. The Balaban J connectivity index is 1.58. The van der Waals surface area contributed by atoms with E-state index >= 15 is 0 Å². The fourth-order valence-electron chi connectivity index (χ4n) is 2.72. The Labute approximate surface area is 174 Å². The lowest BCUT2D eigenvalue weighted by Crippen LogP contribution is -2.08. The minimum absolute atomic E-state index is 0.270. The Kier molecular flexibility index (Phi) is 7.00. The van der Waals surface area contributed by atoms with Crippen LogP contribution in [0.3, 0.4) is 0 Å². The maximum atomic E-state index is 13.7. The van der Waals surface area contributed by atoms with Crippen molar-refractivity contribution in [2.75, 3.05) is 24.9 Å². The average Bonchev–Trinajstić information content (AvgIpc) is 2.78. The number of methoxy groups -OCH3 is 2. The molecule has 1 aromatic heterocycles. The van der Waals surface area contributed by atoms with E-state index in [-0.39, 0.29) is 11.7 Å². The zero-order valence-corrected chi connectivity index (χ0v) is 16.7. The maximum absolute atomic E-state index is 13.7. The van der Waals surface area contributed by atoms with Crippen LogP contribution in [0.1, 0.15) is 11.1 Å². The van der Waals surface area contributed by atoms with Gasteiger partial charge in [-0.1, -0.05) is 18.2 Å². The molecule has 1 heterocycles. The normalized spacial score (nSPS) is 10.6. The molecule has 2 aromatic carbocycles. The van der Waals surface area contributed by atoms with Crippen LogP contribution in [0, 0.1) is 5.82 Å². The molecule has 0 aliphatic rings. The molecule has 0 aliphatic heterocycles. The minimum Gasteiger partial charge on any atom is -0.497 e. The number of carbonyl (C=O) groups excluding carboxylic acids is 1. The summed E-state index contributed by atoms with van der Waals surface area (Å²) in [6.45, 7) is 0.316. The summed E-state index contributed by atoms with van der Waals surface area (Å²) in [6.07, 6.45) is 4.58. The van der Waals surface area contributed by atoms with Gasteiger partial charge in [-0.3, -0.25) is 4.79 Å². The number of hydrogen-bond donors (Lipinski definition) is 2. The van der Waals surface area contributed by atoms with Crippen LogP contribution in [0.15, 0.2) is 66.9 Å². The van der Waals surface area contributed by atoms with Crippen molar-refractivity contribution in [1.82, 2.24) is 4.98 Å². The van der Waals surface area contributed by atoms with Crippen molar-refractivity contribution >= 4 is 23.5 Å². The van der Waals surface area contributed by atoms with Crippen molar-refractivity contribution in [3.05, 3.63) is 83.8 Å². The van der Waals surface area contributed by atoms with Gasteiger partial charge >= 0.3 is 0 Å². The summed E-state index contributed by atoms with van der Waals surface area (Å²) in [6, 6.07) is 15.3. The number of nitrogens with one attached hydrogen (secondary N) is 2. The lowest BCUT2D eigenvalue weighted by Gasteiger charge is -2.08. The number of rotatable bonds is 8. The lowest BCUT2D eigenvalue weighted by atomic mass is 10.1. The van der Waals surface area contributed by atoms with E-state index in [1.807, 2.05) is 0 Å². The van der Waals surface area contributed by atoms with Gasteiger partial charge in [0.15, 0.2) is 0 Å². The molecule has 0 saturated heterocycles. The standard InChI is InChI=1S/C23H22FN3O3/c1-29-19-9-10-21(30-2)16(13-19)7-12-23(28)27-18-8-11-22(26-15-18)25-14-17-5-3-4-6-20(17)24/h3-13,15H,14H2,1-2H3,(H,25,26)(H,27,28)/b12-7+. The quantitative estimate of drug-likeness (QED) is 0.538. The second-order valence-corrected chi connectivity index (χ2v) is 6.31. The molecule has 3 aromatic rings. The second-order valence-electron chi connectivity index (χ2n) is 6.31. The van der Waals surface area contributed by atoms with Crippen LogP contribution < -0.4 is 20.1 Å². The summed E-state index contributed by atoms with van der Waals surface area (Å²) < 4.78 is 24.1. The number of halogens is 1. The Bertz CT molecular complexity index is 1040. The van der Waals surface area contributed by atoms with Crippen molar-refractivity contribution in [2.24, 2.45) is 0 Å². The highest BCUT2D eigenvalue weighted by molar-refractivity contribution is 6.02. The summed E-state index contributed by atoms with van der Waals surface area (Å²) in [4.78, 5) is 16.5. The molecule has 0 radical (unpaired) electrons. The monoisotopic (exact) mass is 407 g/mol. The van der Waals surface area contributed by atoms with Crippen molar-refractivity contribution in [2.45, 2.75) is 6.54 Å². The third-order valence-corrected chi connectivity index (χ3v) is 4.30. The number of pyridine rings is 1. The first-order valence-corrected chi connectivity index (χ1v) is 9.23. The number of ether oxygens (including phenoxy) is 2. The molecule has 2 N–H and O–H groups in total. The topological polar surface area (TPSA) is 72.5 Å². The van der Waals surface area contributed by atoms with Crippen LogP contribution in [0.25, 0.3) is 6.08 Å². The van der Waals surface area contributed by atoms with Gasteiger partial charge in [0, 0.05) is 23.7 Å². The summed E-state index contributed by atoms with van der Waals surface area (Å²) >= 11 is 0. The van der Waals surface area contributed by atoms with E-state index in [1.165, 1.54) is 18.3 Å². The fraction of sp³-hybridized carbons (Fsp3) is 0.130. The van der Waals surface area contributed by atoms with Gasteiger partial charge in [0.1, 0.15) is 23.1 Å². The van der Waals surface area contributed by atoms with Gasteiger partial charge < -0.3 is 20.1 Å². The molecule has 30 heavy (non-hydrogen) atoms. The Hall–Kier alpha value is -3.87. The molecular weight excluding hydrogens is 385 g/mol. The van der Waals surface area contributed by atoms with Crippen molar-refractivity contribution in [3.8, 4) is 11.5 Å². The van der Waals surface area contributed by atoms with Gasteiger partial charge in [-0.25, -0.2) is 9.37 Å². The summed E-state index contributed by atoms with van der Waals surface area (Å²) in [7, 11) is 3.14. The summed E-state index contributed by atoms with van der Waals surface area (Å²) in [5, 5.41) is 5.79. The van der Waals surface area contributed by atoms with Gasteiger partial charge in [-0.2, -0.15) is 0 Å². The van der Waals surface area contributed by atoms with E-state index in [0.717, 1.165) is 5.56 Å². The molecule has 0 aliphatic carbocycles. The van der Waals surface area contributed by atoms with Crippen LogP contribution in [0.4, 0.5) is 15.9 Å². The first kappa shape index (κ1) is 20.9. The van der Waals surface area contributed by atoms with Crippen molar-refractivity contribution in [1.29, 1.82) is 0 Å². The molecule has 0 saturated carbocycles. The van der Waals surface area contributed by atoms with E-state index in [0.29, 0.717) is 35.1 Å². The largest absolute Gasteiger partial charge is 0.497 e. The average molecular weight is 407 g/mol. The van der Waals surface area contributed by atoms with Gasteiger partial charge in [0.25, 0.3) is 0 Å². The minimum atomic E-state index is -0.311. The van der Waals surface area contributed by atoms with Crippen LogP contribution in [0.5, 0.6) is 11.5 Å². The number of benzene rings is 2. The number of nitrogens with zero attached hydrogens (tertiary/aromatic N) is 1. The highest BCUT2D eigenvalue weighted by atomic mass is 19.1. The Morgan fingerprint density at radius 3 is 2.63 bits per heavy atom. The molecule has 7 heteroatoms. The van der Waals surface area contributed by atoms with E-state index in [1.54, 1.807) is 68.8 Å². The fourth-order valence-corrected chi connectivity index (χ4v) is 2.72. The van der Waals surface area contributed by atoms with Gasteiger partial charge in [-0.05, 0) is 42.5 Å². The molecule has 0 atom stereocenters. The SMILES string of the molecule is COc1ccc(OC)c(/C=C/C(=O)Nc2ccc(NCc3ccccc3F)nc2)c1. The van der Waals surface area contributed by atoms with E-state index in [2.05, 4.69) is 15.6 Å². The Morgan fingerprint density at radius 1 is 1.10 bits per heavy atom. The third kappa shape index (κ3) is 5.57. The highest BCUT2D eigenvalue weighted by Gasteiger charge is 2.05. The number of carbonyl (C=O) groups is 1. The molecule has 3 rings (SSSR count). The maximum Gasteiger partial charge on any atom is 0.248 e. The molecule has 0 fully saturated rings. The Morgan fingerprint density at radius 2 is 1.93 bits per heavy atom. The molecule has 0 spiro atoms. The van der Waals surface area contributed by atoms with E-state index in [9.17, 15) is 9.18 Å². The van der Waals surface area contributed by atoms with E-state index in [4.69, 9.17) is 9.47 Å². The first-order chi connectivity index (χ1) is 14.6. The lowest BCUT2D eigenvalue weighted by molar-refractivity contribution is -0.111. The van der Waals surface area contributed by atoms with Crippen molar-refractivity contribution in [3.63, 3.8) is 0 Å². The summed E-state index contributed by atoms with van der Waals surface area (Å²) in [5.41, 5.74) is 1.81. The zero-order chi connectivity index (χ0) is 21.3. The number of amides is 1. The van der Waals surface area contributed by atoms with Gasteiger partial charge in [0.05, 0.1) is 26.1 Å². The van der Waals surface area contributed by atoms with Crippen molar-refractivity contribution < 1.29 is 18.7 Å². The van der Waals surface area contributed by atoms with Crippen LogP contribution >= 0.6 is 0 Å². The third-order valence-electron chi connectivity index (χ3n) is 4.30.